The van der Waals surface area contributed by atoms with E-state index in [-0.39, 0.29) is 23.5 Å². The van der Waals surface area contributed by atoms with Crippen molar-refractivity contribution < 1.29 is 9.47 Å². The van der Waals surface area contributed by atoms with E-state index in [1.54, 1.807) is 0 Å². The first-order valence-corrected chi connectivity index (χ1v) is 15.9. The maximum Gasteiger partial charge on any atom is 0.163 e. The highest BCUT2D eigenvalue weighted by atomic mass is 31.1. The summed E-state index contributed by atoms with van der Waals surface area (Å²) in [5.41, 5.74) is 0.551. The van der Waals surface area contributed by atoms with Gasteiger partial charge in [0.05, 0.1) is 12.2 Å². The summed E-state index contributed by atoms with van der Waals surface area (Å²) in [5, 5.41) is 5.52. The highest BCUT2D eigenvalue weighted by molar-refractivity contribution is 7.74. The van der Waals surface area contributed by atoms with E-state index < -0.39 is 21.6 Å². The third-order valence-electron chi connectivity index (χ3n) is 7.07. The van der Waals surface area contributed by atoms with Gasteiger partial charge in [-0.25, -0.2) is 0 Å². The van der Waals surface area contributed by atoms with E-state index >= 15 is 0 Å². The minimum Gasteiger partial charge on any atom is -0.344 e. The third kappa shape index (κ3) is 5.89. The zero-order chi connectivity index (χ0) is 25.8. The van der Waals surface area contributed by atoms with Gasteiger partial charge in [-0.2, -0.15) is 0 Å². The molecule has 190 valence electrons. The van der Waals surface area contributed by atoms with Crippen LogP contribution in [0, 0.1) is 0 Å². The summed E-state index contributed by atoms with van der Waals surface area (Å²) in [6.45, 7) is 8.88. The van der Waals surface area contributed by atoms with Crippen LogP contribution in [0.3, 0.4) is 0 Å². The van der Waals surface area contributed by atoms with Crippen molar-refractivity contribution in [2.75, 3.05) is 0 Å². The van der Waals surface area contributed by atoms with Crippen LogP contribution in [0.4, 0.5) is 0 Å². The summed E-state index contributed by atoms with van der Waals surface area (Å²) in [4.78, 5) is 0. The molecule has 4 aromatic carbocycles. The Morgan fingerprint density at radius 3 is 0.973 bits per heavy atom. The van der Waals surface area contributed by atoms with Gasteiger partial charge in [0.1, 0.15) is 0 Å². The second kappa shape index (κ2) is 11.6. The maximum atomic E-state index is 6.79. The van der Waals surface area contributed by atoms with Crippen molar-refractivity contribution in [2.24, 2.45) is 0 Å². The molecule has 0 aliphatic carbocycles. The number of rotatable bonds is 8. The molecular formula is C33H36O2P2. The van der Waals surface area contributed by atoms with E-state index in [4.69, 9.17) is 9.47 Å². The molecule has 1 saturated heterocycles. The van der Waals surface area contributed by atoms with Crippen LogP contribution in [0.2, 0.25) is 0 Å². The van der Waals surface area contributed by atoms with E-state index in [1.165, 1.54) is 21.2 Å². The Labute approximate surface area is 224 Å². The van der Waals surface area contributed by atoms with Gasteiger partial charge < -0.3 is 9.47 Å². The summed E-state index contributed by atoms with van der Waals surface area (Å²) in [6, 6.07) is 43.8. The van der Waals surface area contributed by atoms with Gasteiger partial charge in [-0.1, -0.05) is 135 Å². The SMILES string of the molecule is C[C@@H](C1OC(C)(C)O[C@@H]1[C@H](C)P(c1ccccc1)c1ccccc1)P(c1ccccc1)c1ccccc1. The second-order valence-electron chi connectivity index (χ2n) is 10.1. The van der Waals surface area contributed by atoms with Crippen LogP contribution in [0.1, 0.15) is 27.7 Å². The smallest absolute Gasteiger partial charge is 0.163 e. The Balaban J connectivity index is 1.55. The summed E-state index contributed by atoms with van der Waals surface area (Å²) < 4.78 is 13.6. The highest BCUT2D eigenvalue weighted by Crippen LogP contribution is 2.51. The average Bonchev–Trinajstić information content (AvgIpc) is 3.27. The fraction of sp³-hybridized carbons (Fsp3) is 0.273. The maximum absolute atomic E-state index is 6.79. The molecule has 1 fully saturated rings. The first-order chi connectivity index (χ1) is 17.9. The number of ether oxygens (including phenoxy) is 2. The molecule has 1 aliphatic heterocycles. The zero-order valence-corrected chi connectivity index (χ0v) is 23.9. The Kier molecular flexibility index (Phi) is 8.23. The molecule has 0 saturated carbocycles. The van der Waals surface area contributed by atoms with Gasteiger partial charge in [-0.15, -0.1) is 0 Å². The van der Waals surface area contributed by atoms with Crippen molar-refractivity contribution in [2.45, 2.75) is 57.0 Å². The van der Waals surface area contributed by atoms with Crippen LogP contribution in [0.5, 0.6) is 0 Å². The molecule has 4 heteroatoms. The molecule has 0 aromatic heterocycles. The molecule has 0 amide bonds. The molecule has 37 heavy (non-hydrogen) atoms. The molecule has 1 aliphatic rings. The Bertz CT molecular complexity index is 1070. The van der Waals surface area contributed by atoms with E-state index in [0.717, 1.165) is 0 Å². The molecule has 4 aromatic rings. The molecule has 0 N–H and O–H groups in total. The normalized spacial score (nSPS) is 20.7. The third-order valence-corrected chi connectivity index (χ3v) is 12.7. The van der Waals surface area contributed by atoms with Crippen LogP contribution in [0.25, 0.3) is 0 Å². The number of benzene rings is 4. The van der Waals surface area contributed by atoms with Crippen LogP contribution >= 0.6 is 15.8 Å². The molecule has 4 atom stereocenters. The Morgan fingerprint density at radius 2 is 0.730 bits per heavy atom. The lowest BCUT2D eigenvalue weighted by atomic mass is 10.1. The van der Waals surface area contributed by atoms with Crippen molar-refractivity contribution in [3.05, 3.63) is 121 Å². The van der Waals surface area contributed by atoms with Gasteiger partial charge in [0, 0.05) is 11.3 Å². The van der Waals surface area contributed by atoms with Gasteiger partial charge in [0.15, 0.2) is 5.79 Å². The number of hydrogen-bond acceptors (Lipinski definition) is 2. The molecule has 0 radical (unpaired) electrons. The molecule has 0 bridgehead atoms. The summed E-state index contributed by atoms with van der Waals surface area (Å²) in [7, 11) is -1.28. The zero-order valence-electron chi connectivity index (χ0n) is 22.1. The van der Waals surface area contributed by atoms with Crippen molar-refractivity contribution in [3.63, 3.8) is 0 Å². The van der Waals surface area contributed by atoms with Crippen LogP contribution in [-0.4, -0.2) is 29.3 Å². The lowest BCUT2D eigenvalue weighted by Crippen LogP contribution is -2.42. The lowest BCUT2D eigenvalue weighted by Gasteiger charge is -2.36. The van der Waals surface area contributed by atoms with Gasteiger partial charge in [-0.05, 0) is 50.9 Å². The van der Waals surface area contributed by atoms with E-state index in [9.17, 15) is 0 Å². The molecule has 5 rings (SSSR count). The van der Waals surface area contributed by atoms with Crippen molar-refractivity contribution >= 4 is 37.1 Å². The van der Waals surface area contributed by atoms with E-state index in [2.05, 4.69) is 149 Å². The molecular weight excluding hydrogens is 490 g/mol. The van der Waals surface area contributed by atoms with Gasteiger partial charge in [0.25, 0.3) is 0 Å². The highest BCUT2D eigenvalue weighted by Gasteiger charge is 2.49. The summed E-state index contributed by atoms with van der Waals surface area (Å²) in [5.74, 6) is -0.624. The Morgan fingerprint density at radius 1 is 0.486 bits per heavy atom. The average molecular weight is 527 g/mol. The monoisotopic (exact) mass is 526 g/mol. The van der Waals surface area contributed by atoms with Crippen molar-refractivity contribution in [1.82, 2.24) is 0 Å². The fourth-order valence-electron chi connectivity index (χ4n) is 5.45. The minimum atomic E-state index is -0.642. The van der Waals surface area contributed by atoms with Gasteiger partial charge in [0.2, 0.25) is 0 Å². The minimum absolute atomic E-state index is 0.0195. The molecule has 1 heterocycles. The topological polar surface area (TPSA) is 18.5 Å². The van der Waals surface area contributed by atoms with Crippen LogP contribution < -0.4 is 21.2 Å². The summed E-state index contributed by atoms with van der Waals surface area (Å²) >= 11 is 0. The molecule has 0 spiro atoms. The van der Waals surface area contributed by atoms with Crippen molar-refractivity contribution in [3.8, 4) is 0 Å². The summed E-state index contributed by atoms with van der Waals surface area (Å²) in [6.07, 6.45) is -0.0390. The van der Waals surface area contributed by atoms with Gasteiger partial charge >= 0.3 is 0 Å². The predicted molar refractivity (Wildman–Crippen MR) is 161 cm³/mol. The lowest BCUT2D eigenvalue weighted by molar-refractivity contribution is -0.145. The quantitative estimate of drug-likeness (QED) is 0.243. The largest absolute Gasteiger partial charge is 0.344 e. The van der Waals surface area contributed by atoms with Gasteiger partial charge in [-0.3, -0.25) is 0 Å². The number of hydrogen-bond donors (Lipinski definition) is 0. The molecule has 1 unspecified atom stereocenters. The Hall–Kier alpha value is -2.34. The molecule has 2 nitrogen and oxygen atoms in total. The fourth-order valence-corrected chi connectivity index (χ4v) is 10.9. The predicted octanol–water partition coefficient (Wildman–Crippen LogP) is 6.55. The van der Waals surface area contributed by atoms with E-state index in [0.29, 0.717) is 0 Å². The van der Waals surface area contributed by atoms with E-state index in [1.807, 2.05) is 0 Å². The second-order valence-corrected chi connectivity index (χ2v) is 15.3. The van der Waals surface area contributed by atoms with Crippen molar-refractivity contribution in [1.29, 1.82) is 0 Å². The standard InChI is InChI=1S/C33H36O2P2/c1-25(36(27-17-9-5-10-18-27)28-19-11-6-12-20-28)31-32(35-33(3,4)34-31)26(2)37(29-21-13-7-14-22-29)30-23-15-8-16-24-30/h5-26,31-32H,1-4H3/t25-,26-,31+,32?/m0/s1. The van der Waals surface area contributed by atoms with Crippen LogP contribution in [-0.2, 0) is 9.47 Å². The van der Waals surface area contributed by atoms with Crippen LogP contribution in [0.15, 0.2) is 121 Å². The first-order valence-electron chi connectivity index (χ1n) is 13.1. The first kappa shape index (κ1) is 26.3.